The maximum atomic E-state index is 13.8. The summed E-state index contributed by atoms with van der Waals surface area (Å²) in [6, 6.07) is 15.5. The third kappa shape index (κ3) is 5.62. The van der Waals surface area contributed by atoms with Crippen LogP contribution < -0.4 is 15.6 Å². The second kappa shape index (κ2) is 11.2. The Bertz CT molecular complexity index is 2250. The molecule has 1 atom stereocenters. The van der Waals surface area contributed by atoms with Crippen molar-refractivity contribution in [1.82, 2.24) is 34.0 Å². The van der Waals surface area contributed by atoms with E-state index in [2.05, 4.69) is 25.0 Å². The molecule has 2 aromatic carbocycles. The summed E-state index contributed by atoms with van der Waals surface area (Å²) < 4.78 is 29.9. The molecule has 0 aliphatic heterocycles. The lowest BCUT2D eigenvalue weighted by Gasteiger charge is -2.20. The van der Waals surface area contributed by atoms with E-state index in [1.807, 2.05) is 50.2 Å². The number of aromatic nitrogens is 6. The molecule has 13 nitrogen and oxygen atoms in total. The Kier molecular flexibility index (Phi) is 7.36. The standard InChI is InChI=1S/C31H31N9O4S/c1-18-11-12-39-26(18)31(42)40(23-9-7-6-8-10-23)29(36-39)19(2)35-28-25-24(16-32-27(25)33-17-34-28)20-13-21(30(41)38(3)4)15-22(14-20)37-45(5,43)44/h6-17,19,37H,1-5H3,(H2,32,33,34,35). The Labute approximate surface area is 258 Å². The molecule has 0 fully saturated rings. The summed E-state index contributed by atoms with van der Waals surface area (Å²) in [4.78, 5) is 40.3. The average Bonchev–Trinajstić information content (AvgIpc) is 3.60. The Morgan fingerprint density at radius 1 is 1.07 bits per heavy atom. The number of hydrogen-bond donors (Lipinski definition) is 3. The summed E-state index contributed by atoms with van der Waals surface area (Å²) in [5.41, 5.74) is 4.02. The van der Waals surface area contributed by atoms with Crippen LogP contribution in [0, 0.1) is 6.92 Å². The second-order valence-corrected chi connectivity index (χ2v) is 12.8. The third-order valence-corrected chi connectivity index (χ3v) is 7.94. The number of nitrogens with one attached hydrogen (secondary N) is 3. The molecule has 0 bridgehead atoms. The molecule has 1 unspecified atom stereocenters. The van der Waals surface area contributed by atoms with Crippen molar-refractivity contribution < 1.29 is 13.2 Å². The first-order valence-corrected chi connectivity index (χ1v) is 15.9. The van der Waals surface area contributed by atoms with Gasteiger partial charge >= 0.3 is 0 Å². The summed E-state index contributed by atoms with van der Waals surface area (Å²) in [6.07, 6.45) is 5.95. The van der Waals surface area contributed by atoms with E-state index < -0.39 is 16.1 Å². The maximum absolute atomic E-state index is 13.8. The number of sulfonamides is 1. The van der Waals surface area contributed by atoms with Crippen LogP contribution in [0.25, 0.3) is 33.4 Å². The van der Waals surface area contributed by atoms with E-state index in [9.17, 15) is 18.0 Å². The molecule has 4 aromatic heterocycles. The molecule has 4 heterocycles. The monoisotopic (exact) mass is 625 g/mol. The number of aryl methyl sites for hydroxylation is 1. The first kappa shape index (κ1) is 29.6. The van der Waals surface area contributed by atoms with Crippen molar-refractivity contribution >= 4 is 44.0 Å². The predicted octanol–water partition coefficient (Wildman–Crippen LogP) is 3.98. The van der Waals surface area contributed by atoms with Crippen molar-refractivity contribution in [2.75, 3.05) is 30.4 Å². The van der Waals surface area contributed by atoms with Crippen molar-refractivity contribution in [2.45, 2.75) is 19.9 Å². The van der Waals surface area contributed by atoms with Gasteiger partial charge in [-0.2, -0.15) is 5.10 Å². The molecule has 14 heteroatoms. The van der Waals surface area contributed by atoms with Gasteiger partial charge in [0, 0.05) is 43.3 Å². The highest BCUT2D eigenvalue weighted by Crippen LogP contribution is 2.35. The first-order valence-electron chi connectivity index (χ1n) is 14.0. The van der Waals surface area contributed by atoms with Crippen molar-refractivity contribution in [3.05, 3.63) is 101 Å². The van der Waals surface area contributed by atoms with Crippen LogP contribution in [-0.2, 0) is 10.0 Å². The normalized spacial score (nSPS) is 12.4. The molecule has 0 spiro atoms. The first-order chi connectivity index (χ1) is 21.4. The quantitative estimate of drug-likeness (QED) is 0.229. The van der Waals surface area contributed by atoms with Gasteiger partial charge in [0.1, 0.15) is 23.3 Å². The van der Waals surface area contributed by atoms with E-state index >= 15 is 0 Å². The lowest BCUT2D eigenvalue weighted by atomic mass is 10.0. The van der Waals surface area contributed by atoms with Gasteiger partial charge in [0.25, 0.3) is 11.5 Å². The number of hydrogen-bond acceptors (Lipinski definition) is 8. The van der Waals surface area contributed by atoms with Crippen LogP contribution in [0.3, 0.4) is 0 Å². The number of fused-ring (bicyclic) bond motifs is 2. The summed E-state index contributed by atoms with van der Waals surface area (Å²) in [7, 11) is -0.380. The van der Waals surface area contributed by atoms with Gasteiger partial charge in [-0.05, 0) is 61.4 Å². The van der Waals surface area contributed by atoms with Crippen LogP contribution >= 0.6 is 0 Å². The third-order valence-electron chi connectivity index (χ3n) is 7.34. The number of aromatic amines is 1. The van der Waals surface area contributed by atoms with Gasteiger partial charge in [-0.15, -0.1) is 0 Å². The zero-order chi connectivity index (χ0) is 32.0. The summed E-state index contributed by atoms with van der Waals surface area (Å²) >= 11 is 0. The number of rotatable bonds is 8. The summed E-state index contributed by atoms with van der Waals surface area (Å²) in [5.74, 6) is 0.608. The van der Waals surface area contributed by atoms with E-state index in [4.69, 9.17) is 5.10 Å². The number of para-hydroxylation sites is 1. The smallest absolute Gasteiger partial charge is 0.282 e. The Morgan fingerprint density at radius 2 is 1.82 bits per heavy atom. The van der Waals surface area contributed by atoms with Crippen molar-refractivity contribution in [3.8, 4) is 16.8 Å². The molecular weight excluding hydrogens is 594 g/mol. The highest BCUT2D eigenvalue weighted by Gasteiger charge is 2.23. The van der Waals surface area contributed by atoms with E-state index in [1.54, 1.807) is 47.7 Å². The fourth-order valence-electron chi connectivity index (χ4n) is 5.35. The fraction of sp³-hybridized carbons (Fsp3) is 0.194. The number of amides is 1. The van der Waals surface area contributed by atoms with Crippen molar-refractivity contribution in [2.24, 2.45) is 0 Å². The van der Waals surface area contributed by atoms with Gasteiger partial charge in [0.05, 0.1) is 23.4 Å². The molecule has 1 amide bonds. The number of anilines is 2. The largest absolute Gasteiger partial charge is 0.360 e. The second-order valence-electron chi connectivity index (χ2n) is 11.0. The molecule has 6 rings (SSSR count). The van der Waals surface area contributed by atoms with Gasteiger partial charge in [0.2, 0.25) is 10.0 Å². The van der Waals surface area contributed by atoms with Gasteiger partial charge in [0.15, 0.2) is 5.82 Å². The number of benzene rings is 2. The molecule has 230 valence electrons. The Hall–Kier alpha value is -5.50. The summed E-state index contributed by atoms with van der Waals surface area (Å²) in [6.45, 7) is 3.76. The van der Waals surface area contributed by atoms with E-state index in [0.717, 1.165) is 11.8 Å². The van der Waals surface area contributed by atoms with Crippen LogP contribution in [0.5, 0.6) is 0 Å². The minimum Gasteiger partial charge on any atom is -0.360 e. The van der Waals surface area contributed by atoms with Crippen molar-refractivity contribution in [3.63, 3.8) is 0 Å². The van der Waals surface area contributed by atoms with Gasteiger partial charge in [-0.3, -0.25) is 18.9 Å². The molecular formula is C31H31N9O4S. The summed E-state index contributed by atoms with van der Waals surface area (Å²) in [5, 5.41) is 8.86. The molecule has 0 aliphatic rings. The van der Waals surface area contributed by atoms with Gasteiger partial charge < -0.3 is 15.2 Å². The maximum Gasteiger partial charge on any atom is 0.282 e. The predicted molar refractivity (Wildman–Crippen MR) is 173 cm³/mol. The van der Waals surface area contributed by atoms with Crippen LogP contribution in [0.2, 0.25) is 0 Å². The number of nitrogens with zero attached hydrogens (tertiary/aromatic N) is 6. The lowest BCUT2D eigenvalue weighted by Crippen LogP contribution is -2.29. The zero-order valence-electron chi connectivity index (χ0n) is 25.2. The Balaban J connectivity index is 1.49. The molecule has 0 saturated carbocycles. The van der Waals surface area contributed by atoms with Crippen LogP contribution in [-0.4, -0.2) is 68.7 Å². The van der Waals surface area contributed by atoms with Crippen molar-refractivity contribution in [1.29, 1.82) is 0 Å². The minimum absolute atomic E-state index is 0.203. The molecule has 3 N–H and O–H groups in total. The average molecular weight is 626 g/mol. The molecule has 0 aliphatic carbocycles. The molecule has 6 aromatic rings. The van der Waals surface area contributed by atoms with Gasteiger partial charge in [-0.1, -0.05) is 18.2 Å². The highest BCUT2D eigenvalue weighted by atomic mass is 32.2. The van der Waals surface area contributed by atoms with Gasteiger partial charge in [-0.25, -0.2) is 22.9 Å². The molecule has 0 radical (unpaired) electrons. The topological polar surface area (TPSA) is 159 Å². The van der Waals surface area contributed by atoms with E-state index in [-0.39, 0.29) is 17.2 Å². The fourth-order valence-corrected chi connectivity index (χ4v) is 5.89. The molecule has 45 heavy (non-hydrogen) atoms. The van der Waals surface area contributed by atoms with E-state index in [1.165, 1.54) is 17.3 Å². The zero-order valence-corrected chi connectivity index (χ0v) is 26.0. The number of H-pyrrole nitrogens is 1. The van der Waals surface area contributed by atoms with Crippen LogP contribution in [0.4, 0.5) is 11.5 Å². The number of carbonyl (C=O) groups is 1. The highest BCUT2D eigenvalue weighted by molar-refractivity contribution is 7.92. The lowest BCUT2D eigenvalue weighted by molar-refractivity contribution is 0.0827. The molecule has 0 saturated heterocycles. The van der Waals surface area contributed by atoms with E-state index in [0.29, 0.717) is 50.6 Å². The SMILES string of the molecule is Cc1ccn2nc(C(C)Nc3ncnc4[nH]cc(-c5cc(NS(C)(=O)=O)cc(C(=O)N(C)C)c5)c34)n(-c3ccccc3)c(=O)c12. The number of carbonyl (C=O) groups excluding carboxylic acids is 1. The Morgan fingerprint density at radius 3 is 2.53 bits per heavy atom. The minimum atomic E-state index is -3.62. The van der Waals surface area contributed by atoms with Crippen LogP contribution in [0.1, 0.15) is 34.7 Å². The van der Waals surface area contributed by atoms with Crippen LogP contribution in [0.15, 0.2) is 78.1 Å².